The van der Waals surface area contributed by atoms with E-state index in [0.29, 0.717) is 0 Å². The van der Waals surface area contributed by atoms with Gasteiger partial charge in [-0.1, -0.05) is 0 Å². The van der Waals surface area contributed by atoms with Gasteiger partial charge in [0.15, 0.2) is 9.84 Å². The van der Waals surface area contributed by atoms with Gasteiger partial charge in [-0.15, -0.1) is 6.42 Å². The molecule has 1 rings (SSSR count). The molecule has 0 N–H and O–H groups in total. The molecule has 1 heterocycles. The first-order valence-electron chi connectivity index (χ1n) is 3.94. The van der Waals surface area contributed by atoms with E-state index in [1.54, 1.807) is 6.92 Å². The van der Waals surface area contributed by atoms with Crippen LogP contribution in [0.1, 0.15) is 6.92 Å². The van der Waals surface area contributed by atoms with Gasteiger partial charge in [-0.25, -0.2) is 8.42 Å². The average Bonchev–Trinajstić information content (AvgIpc) is 2.08. The van der Waals surface area contributed by atoms with Crippen molar-refractivity contribution < 1.29 is 13.2 Å². The zero-order chi connectivity index (χ0) is 10.1. The molecular weight excluding hydrogens is 190 g/mol. The molecule has 0 saturated carbocycles. The highest BCUT2D eigenvalue weighted by Crippen LogP contribution is 2.11. The number of hydrogen-bond donors (Lipinski definition) is 0. The third-order valence-corrected chi connectivity index (χ3v) is 4.27. The quantitative estimate of drug-likeness (QED) is 0.485. The van der Waals surface area contributed by atoms with Crippen LogP contribution in [0.25, 0.3) is 0 Å². The summed E-state index contributed by atoms with van der Waals surface area (Å²) in [5, 5.41) is -0.501. The topological polar surface area (TPSA) is 54.5 Å². The highest BCUT2D eigenvalue weighted by Gasteiger charge is 2.30. The van der Waals surface area contributed by atoms with Crippen LogP contribution in [0.3, 0.4) is 0 Å². The molecule has 4 nitrogen and oxygen atoms in total. The molecule has 0 bridgehead atoms. The molecule has 1 amide bonds. The first-order chi connectivity index (χ1) is 5.97. The average molecular weight is 201 g/mol. The molecule has 1 fully saturated rings. The van der Waals surface area contributed by atoms with Crippen LogP contribution in [-0.4, -0.2) is 43.3 Å². The summed E-state index contributed by atoms with van der Waals surface area (Å²) < 4.78 is 22.5. The van der Waals surface area contributed by atoms with E-state index in [2.05, 4.69) is 0 Å². The van der Waals surface area contributed by atoms with Crippen molar-refractivity contribution in [1.29, 1.82) is 0 Å². The summed E-state index contributed by atoms with van der Waals surface area (Å²) in [5.41, 5.74) is 0. The predicted octanol–water partition coefficient (Wildman–Crippen LogP) is -0.735. The summed E-state index contributed by atoms with van der Waals surface area (Å²) in [6.45, 7) is 2.02. The summed E-state index contributed by atoms with van der Waals surface area (Å²) in [5.74, 6) is 1.56. The zero-order valence-corrected chi connectivity index (χ0v) is 8.17. The molecule has 1 atom stereocenters. The van der Waals surface area contributed by atoms with Gasteiger partial charge in [-0.2, -0.15) is 0 Å². The number of carbonyl (C=O) groups is 1. The van der Waals surface area contributed by atoms with Gasteiger partial charge < -0.3 is 4.90 Å². The molecule has 0 aromatic heterocycles. The van der Waals surface area contributed by atoms with Crippen LogP contribution in [0.2, 0.25) is 0 Å². The molecule has 0 aromatic carbocycles. The third kappa shape index (κ3) is 2.01. The molecule has 0 aromatic rings. The van der Waals surface area contributed by atoms with E-state index in [9.17, 15) is 13.2 Å². The molecule has 72 valence electrons. The van der Waals surface area contributed by atoms with Crippen LogP contribution >= 0.6 is 0 Å². The largest absolute Gasteiger partial charge is 0.330 e. The van der Waals surface area contributed by atoms with Crippen LogP contribution < -0.4 is 0 Å². The van der Waals surface area contributed by atoms with Gasteiger partial charge in [-0.3, -0.25) is 4.79 Å². The summed E-state index contributed by atoms with van der Waals surface area (Å²) in [7, 11) is -3.00. The SMILES string of the molecule is C#CC(=O)N1CCS(=O)(=O)C(C)C1. The first kappa shape index (κ1) is 10.1. The summed E-state index contributed by atoms with van der Waals surface area (Å²) in [4.78, 5) is 12.4. The maximum absolute atomic E-state index is 11.2. The molecule has 1 aliphatic rings. The van der Waals surface area contributed by atoms with E-state index >= 15 is 0 Å². The van der Waals surface area contributed by atoms with Crippen molar-refractivity contribution in [2.75, 3.05) is 18.8 Å². The van der Waals surface area contributed by atoms with E-state index in [1.807, 2.05) is 5.92 Å². The third-order valence-electron chi connectivity index (χ3n) is 2.15. The van der Waals surface area contributed by atoms with Gasteiger partial charge in [0.05, 0.1) is 11.0 Å². The highest BCUT2D eigenvalue weighted by molar-refractivity contribution is 7.92. The Labute approximate surface area is 77.8 Å². The lowest BCUT2D eigenvalue weighted by atomic mass is 10.4. The minimum atomic E-state index is -3.00. The number of hydrogen-bond acceptors (Lipinski definition) is 3. The molecule has 1 saturated heterocycles. The Balaban J connectivity index is 2.73. The number of carbonyl (C=O) groups excluding carboxylic acids is 1. The lowest BCUT2D eigenvalue weighted by molar-refractivity contribution is -0.125. The molecule has 5 heteroatoms. The maximum atomic E-state index is 11.2. The van der Waals surface area contributed by atoms with Gasteiger partial charge in [-0.05, 0) is 12.8 Å². The second-order valence-electron chi connectivity index (χ2n) is 3.07. The second-order valence-corrected chi connectivity index (χ2v) is 5.61. The lowest BCUT2D eigenvalue weighted by Gasteiger charge is -2.29. The van der Waals surface area contributed by atoms with Crippen LogP contribution in [0.4, 0.5) is 0 Å². The Morgan fingerprint density at radius 1 is 1.62 bits per heavy atom. The Morgan fingerprint density at radius 2 is 2.23 bits per heavy atom. The minimum absolute atomic E-state index is 0.0155. The van der Waals surface area contributed by atoms with E-state index in [1.165, 1.54) is 4.90 Å². The molecule has 0 aliphatic carbocycles. The van der Waals surface area contributed by atoms with Gasteiger partial charge in [0.2, 0.25) is 0 Å². The molecule has 0 spiro atoms. The second kappa shape index (κ2) is 3.38. The number of sulfone groups is 1. The van der Waals surface area contributed by atoms with Crippen LogP contribution in [-0.2, 0) is 14.6 Å². The molecule has 1 aliphatic heterocycles. The van der Waals surface area contributed by atoms with Gasteiger partial charge in [0, 0.05) is 13.1 Å². The van der Waals surface area contributed by atoms with Gasteiger partial charge in [0.1, 0.15) is 0 Å². The summed E-state index contributed by atoms with van der Waals surface area (Å²) >= 11 is 0. The predicted molar refractivity (Wildman–Crippen MR) is 48.7 cm³/mol. The van der Waals surface area contributed by atoms with E-state index < -0.39 is 21.0 Å². The Bertz CT molecular complexity index is 352. The van der Waals surface area contributed by atoms with Crippen molar-refractivity contribution >= 4 is 15.7 Å². The van der Waals surface area contributed by atoms with E-state index in [-0.39, 0.29) is 18.8 Å². The van der Waals surface area contributed by atoms with Gasteiger partial charge in [0.25, 0.3) is 5.91 Å². The number of terminal acetylenes is 1. The standard InChI is InChI=1S/C8H11NO3S/c1-3-8(10)9-4-5-13(11,12)7(2)6-9/h1,7H,4-6H2,2H3. The molecule has 13 heavy (non-hydrogen) atoms. The smallest absolute Gasteiger partial charge is 0.298 e. The Kier molecular flexibility index (Phi) is 2.62. The minimum Gasteiger partial charge on any atom is -0.330 e. The van der Waals surface area contributed by atoms with Crippen molar-refractivity contribution in [1.82, 2.24) is 4.90 Å². The van der Waals surface area contributed by atoms with Crippen LogP contribution in [0.15, 0.2) is 0 Å². The van der Waals surface area contributed by atoms with Crippen molar-refractivity contribution in [2.45, 2.75) is 12.2 Å². The fourth-order valence-electron chi connectivity index (χ4n) is 1.23. The zero-order valence-electron chi connectivity index (χ0n) is 7.36. The van der Waals surface area contributed by atoms with E-state index in [0.717, 1.165) is 0 Å². The monoisotopic (exact) mass is 201 g/mol. The normalized spacial score (nSPS) is 26.5. The van der Waals surface area contributed by atoms with Crippen molar-refractivity contribution in [3.63, 3.8) is 0 Å². The molecule has 1 unspecified atom stereocenters. The fraction of sp³-hybridized carbons (Fsp3) is 0.625. The van der Waals surface area contributed by atoms with E-state index in [4.69, 9.17) is 6.42 Å². The lowest BCUT2D eigenvalue weighted by Crippen LogP contribution is -2.47. The van der Waals surface area contributed by atoms with Crippen LogP contribution in [0, 0.1) is 12.3 Å². The molecular formula is C8H11NO3S. The summed E-state index contributed by atoms with van der Waals surface area (Å²) in [6.07, 6.45) is 4.93. The fourth-order valence-corrected chi connectivity index (χ4v) is 2.51. The summed E-state index contributed by atoms with van der Waals surface area (Å²) in [6, 6.07) is 0. The first-order valence-corrected chi connectivity index (χ1v) is 5.66. The number of nitrogens with zero attached hydrogens (tertiary/aromatic N) is 1. The van der Waals surface area contributed by atoms with Crippen molar-refractivity contribution in [3.05, 3.63) is 0 Å². The van der Waals surface area contributed by atoms with Crippen LogP contribution in [0.5, 0.6) is 0 Å². The highest BCUT2D eigenvalue weighted by atomic mass is 32.2. The van der Waals surface area contributed by atoms with Crippen molar-refractivity contribution in [2.24, 2.45) is 0 Å². The van der Waals surface area contributed by atoms with Gasteiger partial charge >= 0.3 is 0 Å². The number of amides is 1. The Hall–Kier alpha value is -1.02. The number of rotatable bonds is 0. The van der Waals surface area contributed by atoms with Crippen molar-refractivity contribution in [3.8, 4) is 12.3 Å². The molecule has 0 radical (unpaired) electrons. The Morgan fingerprint density at radius 3 is 2.69 bits per heavy atom. The maximum Gasteiger partial charge on any atom is 0.298 e.